The fourth-order valence-corrected chi connectivity index (χ4v) is 3.08. The second-order valence-electron chi connectivity index (χ2n) is 4.28. The van der Waals surface area contributed by atoms with E-state index in [0.29, 0.717) is 5.56 Å². The highest BCUT2D eigenvalue weighted by molar-refractivity contribution is 7.89. The number of rotatable bonds is 4. The van der Waals surface area contributed by atoms with E-state index in [-0.39, 0.29) is 17.2 Å². The third-order valence-corrected chi connectivity index (χ3v) is 4.77. The second-order valence-corrected chi connectivity index (χ2v) is 6.83. The lowest BCUT2D eigenvalue weighted by Gasteiger charge is -2.03. The minimum atomic E-state index is -3.59. The molecule has 2 aromatic rings. The molecule has 0 saturated heterocycles. The van der Waals surface area contributed by atoms with E-state index in [9.17, 15) is 13.2 Å². The molecule has 0 aliphatic heterocycles. The van der Waals surface area contributed by atoms with Gasteiger partial charge in [0.15, 0.2) is 0 Å². The van der Waals surface area contributed by atoms with Gasteiger partial charge in [0.2, 0.25) is 15.8 Å². The molecule has 1 heterocycles. The number of hydrogen-bond acceptors (Lipinski definition) is 4. The van der Waals surface area contributed by atoms with E-state index in [1.807, 2.05) is 6.92 Å². The third-order valence-electron chi connectivity index (χ3n) is 2.67. The van der Waals surface area contributed by atoms with E-state index in [0.717, 1.165) is 5.56 Å². The van der Waals surface area contributed by atoms with Gasteiger partial charge in [-0.2, -0.15) is 16.1 Å². The summed E-state index contributed by atoms with van der Waals surface area (Å²) in [5.41, 5.74) is 1.50. The third kappa shape index (κ3) is 4.26. The lowest BCUT2D eigenvalue weighted by molar-refractivity contribution is 0.105. The zero-order valence-corrected chi connectivity index (χ0v) is 12.9. The molecule has 0 aliphatic carbocycles. The quantitative estimate of drug-likeness (QED) is 0.534. The molecule has 1 aromatic heterocycles. The SMILES string of the molecule is Cc1ccc(S(=O)(=O)NCC#CC(=O)c2ccsc2)cc1. The molecule has 21 heavy (non-hydrogen) atoms. The Hall–Kier alpha value is -1.94. The van der Waals surface area contributed by atoms with Crippen molar-refractivity contribution in [1.82, 2.24) is 4.72 Å². The van der Waals surface area contributed by atoms with Crippen LogP contribution in [0, 0.1) is 18.8 Å². The minimum absolute atomic E-state index is 0.105. The van der Waals surface area contributed by atoms with Crippen LogP contribution in [-0.4, -0.2) is 20.7 Å². The van der Waals surface area contributed by atoms with Gasteiger partial charge in [-0.1, -0.05) is 23.6 Å². The van der Waals surface area contributed by atoms with Gasteiger partial charge in [-0.3, -0.25) is 4.79 Å². The van der Waals surface area contributed by atoms with Crippen LogP contribution >= 0.6 is 11.3 Å². The number of nitrogens with one attached hydrogen (secondary N) is 1. The standard InChI is InChI=1S/C15H13NO3S2/c1-12-4-6-14(7-5-12)21(18,19)16-9-2-3-15(17)13-8-10-20-11-13/h4-8,10-11,16H,9H2,1H3. The molecule has 2 rings (SSSR count). The van der Waals surface area contributed by atoms with Crippen LogP contribution in [0.5, 0.6) is 0 Å². The molecule has 0 aliphatic rings. The van der Waals surface area contributed by atoms with Crippen molar-refractivity contribution >= 4 is 27.1 Å². The average molecular weight is 319 g/mol. The van der Waals surface area contributed by atoms with Gasteiger partial charge < -0.3 is 0 Å². The van der Waals surface area contributed by atoms with E-state index in [1.165, 1.54) is 23.5 Å². The predicted molar refractivity (Wildman–Crippen MR) is 82.8 cm³/mol. The summed E-state index contributed by atoms with van der Waals surface area (Å²) in [6.07, 6.45) is 0. The normalized spacial score (nSPS) is 10.7. The molecule has 0 atom stereocenters. The van der Waals surface area contributed by atoms with Crippen molar-refractivity contribution in [3.8, 4) is 11.8 Å². The summed E-state index contributed by atoms with van der Waals surface area (Å²) in [7, 11) is -3.59. The van der Waals surface area contributed by atoms with Crippen molar-refractivity contribution in [2.24, 2.45) is 0 Å². The number of Topliss-reactive ketones (excluding diaryl/α,β-unsaturated/α-hetero) is 1. The molecule has 0 unspecified atom stereocenters. The molecule has 0 amide bonds. The number of carbonyl (C=O) groups excluding carboxylic acids is 1. The van der Waals surface area contributed by atoms with E-state index in [4.69, 9.17) is 0 Å². The number of thiophene rings is 1. The molecule has 0 fully saturated rings. The van der Waals surface area contributed by atoms with Gasteiger partial charge >= 0.3 is 0 Å². The van der Waals surface area contributed by atoms with Crippen LogP contribution < -0.4 is 4.72 Å². The molecule has 4 nitrogen and oxygen atoms in total. The van der Waals surface area contributed by atoms with Crippen LogP contribution in [0.4, 0.5) is 0 Å². The van der Waals surface area contributed by atoms with Crippen LogP contribution in [0.25, 0.3) is 0 Å². The summed E-state index contributed by atoms with van der Waals surface area (Å²) in [5.74, 6) is 4.62. The lowest BCUT2D eigenvalue weighted by atomic mass is 10.2. The first-order chi connectivity index (χ1) is 9.99. The van der Waals surface area contributed by atoms with Crippen LogP contribution in [-0.2, 0) is 10.0 Å². The van der Waals surface area contributed by atoms with Gasteiger partial charge in [0.1, 0.15) is 0 Å². The number of aryl methyl sites for hydroxylation is 1. The first-order valence-electron chi connectivity index (χ1n) is 6.11. The maximum absolute atomic E-state index is 12.0. The van der Waals surface area contributed by atoms with E-state index >= 15 is 0 Å². The van der Waals surface area contributed by atoms with Gasteiger partial charge in [0.25, 0.3) is 0 Å². The van der Waals surface area contributed by atoms with Gasteiger partial charge in [-0.25, -0.2) is 8.42 Å². The maximum Gasteiger partial charge on any atom is 0.241 e. The summed E-state index contributed by atoms with van der Waals surface area (Å²) in [5, 5.41) is 3.49. The Morgan fingerprint density at radius 1 is 1.24 bits per heavy atom. The molecular formula is C15H13NO3S2. The number of hydrogen-bond donors (Lipinski definition) is 1. The van der Waals surface area contributed by atoms with Gasteiger partial charge in [0, 0.05) is 10.9 Å². The minimum Gasteiger partial charge on any atom is -0.279 e. The van der Waals surface area contributed by atoms with Crippen LogP contribution in [0.3, 0.4) is 0 Å². The summed E-state index contributed by atoms with van der Waals surface area (Å²) in [6, 6.07) is 8.18. The molecule has 0 saturated carbocycles. The maximum atomic E-state index is 12.0. The molecule has 108 valence electrons. The molecule has 1 aromatic carbocycles. The first kappa shape index (κ1) is 15.4. The molecular weight excluding hydrogens is 306 g/mol. The van der Waals surface area contributed by atoms with Crippen LogP contribution in [0.1, 0.15) is 15.9 Å². The largest absolute Gasteiger partial charge is 0.279 e. The summed E-state index contributed by atoms with van der Waals surface area (Å²) in [4.78, 5) is 11.8. The fourth-order valence-electron chi connectivity index (χ4n) is 1.52. The van der Waals surface area contributed by atoms with E-state index in [2.05, 4.69) is 16.6 Å². The topological polar surface area (TPSA) is 63.2 Å². The number of sulfonamides is 1. The van der Waals surface area contributed by atoms with Crippen molar-refractivity contribution < 1.29 is 13.2 Å². The Labute approximate surface area is 127 Å². The van der Waals surface area contributed by atoms with Crippen molar-refractivity contribution in [2.45, 2.75) is 11.8 Å². The fraction of sp³-hybridized carbons (Fsp3) is 0.133. The smallest absolute Gasteiger partial charge is 0.241 e. The summed E-state index contributed by atoms with van der Waals surface area (Å²) >= 11 is 1.41. The molecule has 0 radical (unpaired) electrons. The Balaban J connectivity index is 1.97. The number of ketones is 1. The highest BCUT2D eigenvalue weighted by atomic mass is 32.2. The Bertz CT molecular complexity index is 780. The number of carbonyl (C=O) groups is 1. The van der Waals surface area contributed by atoms with E-state index in [1.54, 1.807) is 29.0 Å². The zero-order valence-electron chi connectivity index (χ0n) is 11.3. The lowest BCUT2D eigenvalue weighted by Crippen LogP contribution is -2.24. The highest BCUT2D eigenvalue weighted by Gasteiger charge is 2.11. The van der Waals surface area contributed by atoms with Gasteiger partial charge in [-0.15, -0.1) is 0 Å². The molecule has 0 bridgehead atoms. The van der Waals surface area contributed by atoms with Gasteiger partial charge in [-0.05, 0) is 36.4 Å². The monoisotopic (exact) mass is 319 g/mol. The molecule has 0 spiro atoms. The predicted octanol–water partition coefficient (Wildman–Crippen LogP) is 2.22. The molecule has 6 heteroatoms. The van der Waals surface area contributed by atoms with Gasteiger partial charge in [0.05, 0.1) is 11.4 Å². The number of benzene rings is 1. The average Bonchev–Trinajstić information content (AvgIpc) is 2.98. The van der Waals surface area contributed by atoms with Crippen molar-refractivity contribution in [1.29, 1.82) is 0 Å². The highest BCUT2D eigenvalue weighted by Crippen LogP contribution is 2.09. The zero-order chi connectivity index (χ0) is 15.3. The molecule has 1 N–H and O–H groups in total. The first-order valence-corrected chi connectivity index (χ1v) is 8.53. The summed E-state index contributed by atoms with van der Waals surface area (Å²) < 4.78 is 26.3. The van der Waals surface area contributed by atoms with Crippen molar-refractivity contribution in [3.63, 3.8) is 0 Å². The van der Waals surface area contributed by atoms with Crippen LogP contribution in [0.2, 0.25) is 0 Å². The Morgan fingerprint density at radius 3 is 2.57 bits per heavy atom. The Morgan fingerprint density at radius 2 is 1.95 bits per heavy atom. The van der Waals surface area contributed by atoms with Crippen molar-refractivity contribution in [3.05, 3.63) is 52.2 Å². The summed E-state index contributed by atoms with van der Waals surface area (Å²) in [6.45, 7) is 1.78. The van der Waals surface area contributed by atoms with Crippen molar-refractivity contribution in [2.75, 3.05) is 6.54 Å². The Kier molecular flexibility index (Phi) is 4.91. The van der Waals surface area contributed by atoms with E-state index < -0.39 is 10.0 Å². The van der Waals surface area contributed by atoms with Crippen LogP contribution in [0.15, 0.2) is 46.0 Å². The second kappa shape index (κ2) is 6.68.